The second-order valence-electron chi connectivity index (χ2n) is 5.64. The smallest absolute Gasteiger partial charge is 0.347 e. The standard InChI is InChI=1S/C15H21N3O4S/c1-10(14-16-8-11(23-14)15(21)22)17-12(19)9-18-7-5-3-2-4-6-13(18)20/h8,10H,2-7,9H2,1H3,(H,17,19)(H,21,22). The van der Waals surface area contributed by atoms with Crippen LogP contribution in [0.2, 0.25) is 0 Å². The van der Waals surface area contributed by atoms with Crippen LogP contribution in [0.25, 0.3) is 0 Å². The van der Waals surface area contributed by atoms with Crippen molar-refractivity contribution < 1.29 is 19.5 Å². The normalized spacial score (nSPS) is 17.3. The molecule has 0 aromatic carbocycles. The lowest BCUT2D eigenvalue weighted by molar-refractivity contribution is -0.136. The number of amides is 2. The maximum atomic E-state index is 12.1. The minimum absolute atomic E-state index is 0.0231. The number of carboxylic acids is 1. The van der Waals surface area contributed by atoms with Gasteiger partial charge in [-0.25, -0.2) is 9.78 Å². The van der Waals surface area contributed by atoms with E-state index in [4.69, 9.17) is 5.11 Å². The zero-order valence-electron chi connectivity index (χ0n) is 13.1. The zero-order valence-corrected chi connectivity index (χ0v) is 13.9. The average molecular weight is 339 g/mol. The molecule has 0 aliphatic carbocycles. The number of thiazole rings is 1. The van der Waals surface area contributed by atoms with Crippen molar-refractivity contribution in [2.24, 2.45) is 0 Å². The number of aromatic nitrogens is 1. The molecule has 0 spiro atoms. The van der Waals surface area contributed by atoms with Crippen molar-refractivity contribution in [3.05, 3.63) is 16.1 Å². The Labute approximate surface area is 138 Å². The first-order valence-electron chi connectivity index (χ1n) is 7.73. The van der Waals surface area contributed by atoms with E-state index >= 15 is 0 Å². The van der Waals surface area contributed by atoms with Gasteiger partial charge in [0.2, 0.25) is 11.8 Å². The number of aromatic carboxylic acids is 1. The molecule has 0 saturated carbocycles. The Bertz CT molecular complexity index is 587. The number of carboxylic acid groups (broad SMARTS) is 1. The minimum atomic E-state index is -1.03. The van der Waals surface area contributed by atoms with Gasteiger partial charge in [0.15, 0.2) is 0 Å². The zero-order chi connectivity index (χ0) is 16.8. The molecule has 1 aromatic rings. The third-order valence-corrected chi connectivity index (χ3v) is 4.91. The quantitative estimate of drug-likeness (QED) is 0.852. The Morgan fingerprint density at radius 1 is 1.39 bits per heavy atom. The molecule has 1 aliphatic heterocycles. The number of hydrogen-bond acceptors (Lipinski definition) is 5. The lowest BCUT2D eigenvalue weighted by atomic mass is 10.1. The molecule has 1 saturated heterocycles. The number of nitrogens with one attached hydrogen (secondary N) is 1. The van der Waals surface area contributed by atoms with Gasteiger partial charge in [-0.05, 0) is 19.8 Å². The highest BCUT2D eigenvalue weighted by Crippen LogP contribution is 2.20. The Hall–Kier alpha value is -1.96. The Kier molecular flexibility index (Phi) is 6.09. The van der Waals surface area contributed by atoms with E-state index in [0.29, 0.717) is 18.0 Å². The summed E-state index contributed by atoms with van der Waals surface area (Å²) < 4.78 is 0. The fourth-order valence-corrected chi connectivity index (χ4v) is 3.25. The minimum Gasteiger partial charge on any atom is -0.477 e. The monoisotopic (exact) mass is 339 g/mol. The Morgan fingerprint density at radius 2 is 2.13 bits per heavy atom. The van der Waals surface area contributed by atoms with Crippen LogP contribution in [0.4, 0.5) is 0 Å². The van der Waals surface area contributed by atoms with Crippen LogP contribution in [0.5, 0.6) is 0 Å². The number of carbonyl (C=O) groups excluding carboxylic acids is 2. The van der Waals surface area contributed by atoms with Crippen LogP contribution in [-0.2, 0) is 9.59 Å². The SMILES string of the molecule is CC(NC(=O)CN1CCCCCCC1=O)c1ncc(C(=O)O)s1. The summed E-state index contributed by atoms with van der Waals surface area (Å²) in [5.74, 6) is -1.26. The van der Waals surface area contributed by atoms with Crippen molar-refractivity contribution in [2.45, 2.75) is 45.1 Å². The fraction of sp³-hybridized carbons (Fsp3) is 0.600. The molecule has 0 radical (unpaired) electrons. The number of likely N-dealkylation sites (tertiary alicyclic amines) is 1. The van der Waals surface area contributed by atoms with E-state index in [1.165, 1.54) is 6.20 Å². The Balaban J connectivity index is 1.89. The van der Waals surface area contributed by atoms with E-state index in [9.17, 15) is 14.4 Å². The number of nitrogens with zero attached hydrogens (tertiary/aromatic N) is 2. The van der Waals surface area contributed by atoms with Gasteiger partial charge < -0.3 is 15.3 Å². The summed E-state index contributed by atoms with van der Waals surface area (Å²) >= 11 is 1.04. The van der Waals surface area contributed by atoms with Crippen LogP contribution in [-0.4, -0.2) is 45.9 Å². The summed E-state index contributed by atoms with van der Waals surface area (Å²) in [5.41, 5.74) is 0. The summed E-state index contributed by atoms with van der Waals surface area (Å²) in [6.45, 7) is 2.40. The third-order valence-electron chi connectivity index (χ3n) is 3.74. The van der Waals surface area contributed by atoms with Gasteiger partial charge in [0, 0.05) is 13.0 Å². The van der Waals surface area contributed by atoms with Crippen molar-refractivity contribution in [3.63, 3.8) is 0 Å². The fourth-order valence-electron chi connectivity index (χ4n) is 2.49. The summed E-state index contributed by atoms with van der Waals surface area (Å²) in [6.07, 6.45) is 5.73. The first-order valence-corrected chi connectivity index (χ1v) is 8.55. The third kappa shape index (κ3) is 5.02. The summed E-state index contributed by atoms with van der Waals surface area (Å²) in [6, 6.07) is -0.384. The number of carbonyl (C=O) groups is 3. The molecule has 2 heterocycles. The molecule has 1 aliphatic rings. The topological polar surface area (TPSA) is 99.6 Å². The van der Waals surface area contributed by atoms with Crippen molar-refractivity contribution in [3.8, 4) is 0 Å². The summed E-state index contributed by atoms with van der Waals surface area (Å²) in [4.78, 5) is 40.8. The van der Waals surface area contributed by atoms with Crippen LogP contribution < -0.4 is 5.32 Å². The summed E-state index contributed by atoms with van der Waals surface area (Å²) in [7, 11) is 0. The molecule has 2 rings (SSSR count). The first kappa shape index (κ1) is 17.4. The maximum Gasteiger partial charge on any atom is 0.347 e. The second kappa shape index (κ2) is 8.05. The van der Waals surface area contributed by atoms with Crippen LogP contribution in [0.1, 0.15) is 59.7 Å². The predicted octanol–water partition coefficient (Wildman–Crippen LogP) is 1.81. The lowest BCUT2D eigenvalue weighted by Crippen LogP contribution is -2.42. The highest BCUT2D eigenvalue weighted by molar-refractivity contribution is 7.13. The molecule has 1 aromatic heterocycles. The largest absolute Gasteiger partial charge is 0.477 e. The number of hydrogen-bond donors (Lipinski definition) is 2. The van der Waals surface area contributed by atoms with E-state index in [-0.39, 0.29) is 29.3 Å². The van der Waals surface area contributed by atoms with E-state index < -0.39 is 5.97 Å². The first-order chi connectivity index (χ1) is 11.0. The molecule has 2 amide bonds. The van der Waals surface area contributed by atoms with Gasteiger partial charge >= 0.3 is 5.97 Å². The van der Waals surface area contributed by atoms with Gasteiger partial charge in [0.05, 0.1) is 18.8 Å². The van der Waals surface area contributed by atoms with Crippen LogP contribution in [0.3, 0.4) is 0 Å². The van der Waals surface area contributed by atoms with Gasteiger partial charge in [-0.15, -0.1) is 11.3 Å². The molecule has 2 N–H and O–H groups in total. The number of rotatable bonds is 5. The highest BCUT2D eigenvalue weighted by atomic mass is 32.1. The Morgan fingerprint density at radius 3 is 2.83 bits per heavy atom. The molecule has 126 valence electrons. The van der Waals surface area contributed by atoms with Crippen molar-refractivity contribution in [2.75, 3.05) is 13.1 Å². The van der Waals surface area contributed by atoms with Crippen LogP contribution in [0.15, 0.2) is 6.20 Å². The molecule has 1 unspecified atom stereocenters. The summed E-state index contributed by atoms with van der Waals surface area (Å²) in [5, 5.41) is 12.2. The lowest BCUT2D eigenvalue weighted by Gasteiger charge is -2.24. The van der Waals surface area contributed by atoms with Crippen LogP contribution >= 0.6 is 11.3 Å². The molecule has 1 fully saturated rings. The molecule has 7 nitrogen and oxygen atoms in total. The van der Waals surface area contributed by atoms with Gasteiger partial charge in [0.1, 0.15) is 9.88 Å². The maximum absolute atomic E-state index is 12.1. The molecule has 1 atom stereocenters. The van der Waals surface area contributed by atoms with E-state index in [1.54, 1.807) is 11.8 Å². The molecule has 0 bridgehead atoms. The van der Waals surface area contributed by atoms with Gasteiger partial charge in [-0.3, -0.25) is 9.59 Å². The van der Waals surface area contributed by atoms with E-state index in [2.05, 4.69) is 10.3 Å². The predicted molar refractivity (Wildman–Crippen MR) is 85.3 cm³/mol. The molecule has 8 heteroatoms. The van der Waals surface area contributed by atoms with E-state index in [0.717, 1.165) is 37.0 Å². The van der Waals surface area contributed by atoms with Gasteiger partial charge in [0.25, 0.3) is 0 Å². The van der Waals surface area contributed by atoms with Crippen LogP contribution in [0, 0.1) is 0 Å². The molecular weight excluding hydrogens is 318 g/mol. The van der Waals surface area contributed by atoms with Gasteiger partial charge in [-0.1, -0.05) is 12.8 Å². The molecule has 23 heavy (non-hydrogen) atoms. The van der Waals surface area contributed by atoms with Crippen molar-refractivity contribution in [1.29, 1.82) is 0 Å². The van der Waals surface area contributed by atoms with Gasteiger partial charge in [-0.2, -0.15) is 0 Å². The van der Waals surface area contributed by atoms with E-state index in [1.807, 2.05) is 0 Å². The van der Waals surface area contributed by atoms with Crippen molar-refractivity contribution >= 4 is 29.1 Å². The second-order valence-corrected chi connectivity index (χ2v) is 6.70. The average Bonchev–Trinajstić information content (AvgIpc) is 2.97. The highest BCUT2D eigenvalue weighted by Gasteiger charge is 2.21. The molecular formula is C15H21N3O4S. The van der Waals surface area contributed by atoms with Crippen molar-refractivity contribution in [1.82, 2.24) is 15.2 Å².